The van der Waals surface area contributed by atoms with Crippen molar-refractivity contribution in [2.75, 3.05) is 32.1 Å². The molecule has 0 radical (unpaired) electrons. The molecule has 2 aromatic rings. The fourth-order valence-corrected chi connectivity index (χ4v) is 3.52. The van der Waals surface area contributed by atoms with E-state index in [-0.39, 0.29) is 0 Å². The zero-order valence-electron chi connectivity index (χ0n) is 14.9. The summed E-state index contributed by atoms with van der Waals surface area (Å²) in [4.78, 5) is 9.11. The Morgan fingerprint density at radius 1 is 1.08 bits per heavy atom. The number of anilines is 1. The highest BCUT2D eigenvalue weighted by atomic mass is 16.5. The molecule has 0 N–H and O–H groups in total. The Labute approximate surface area is 145 Å². The molecule has 0 spiro atoms. The topological polar surface area (TPSA) is 28.6 Å². The lowest BCUT2D eigenvalue weighted by molar-refractivity contribution is 0.159. The number of aromatic nitrogens is 1. The van der Waals surface area contributed by atoms with E-state index in [4.69, 9.17) is 4.74 Å². The van der Waals surface area contributed by atoms with E-state index in [0.717, 1.165) is 18.8 Å². The first-order valence-electron chi connectivity index (χ1n) is 8.70. The van der Waals surface area contributed by atoms with Gasteiger partial charge in [-0.2, -0.15) is 0 Å². The van der Waals surface area contributed by atoms with Crippen LogP contribution >= 0.6 is 0 Å². The largest absolute Gasteiger partial charge is 0.497 e. The maximum Gasteiger partial charge on any atom is 0.119 e. The van der Waals surface area contributed by atoms with Crippen molar-refractivity contribution in [3.63, 3.8) is 0 Å². The summed E-state index contributed by atoms with van der Waals surface area (Å²) in [6.07, 6.45) is 6.15. The van der Waals surface area contributed by atoms with Gasteiger partial charge in [-0.05, 0) is 68.8 Å². The second-order valence-corrected chi connectivity index (χ2v) is 6.54. The van der Waals surface area contributed by atoms with Gasteiger partial charge in [0.05, 0.1) is 7.11 Å². The molecule has 4 heteroatoms. The van der Waals surface area contributed by atoms with Crippen molar-refractivity contribution in [2.24, 2.45) is 0 Å². The number of pyridine rings is 1. The van der Waals surface area contributed by atoms with E-state index in [1.165, 1.54) is 24.1 Å². The summed E-state index contributed by atoms with van der Waals surface area (Å²) in [6, 6.07) is 13.7. The molecule has 4 nitrogen and oxygen atoms in total. The van der Waals surface area contributed by atoms with Gasteiger partial charge >= 0.3 is 0 Å². The Morgan fingerprint density at radius 3 is 2.29 bits per heavy atom. The summed E-state index contributed by atoms with van der Waals surface area (Å²) in [6.45, 7) is 4.49. The number of benzene rings is 1. The molecule has 3 rings (SSSR count). The molecule has 1 aromatic carbocycles. The van der Waals surface area contributed by atoms with Crippen molar-refractivity contribution in [1.82, 2.24) is 9.88 Å². The first-order chi connectivity index (χ1) is 11.7. The lowest BCUT2D eigenvalue weighted by Gasteiger charge is -2.40. The molecular formula is C20H27N3O. The highest BCUT2D eigenvalue weighted by molar-refractivity contribution is 5.49. The molecule has 1 aliphatic heterocycles. The standard InChI is InChI=1S/C20H27N3O/c1-16(17-8-12-21-13-9-17)22(2)18-10-14-23(15-11-18)19-4-6-20(24-3)7-5-19/h4-9,12-13,16,18H,10-11,14-15H2,1-3H3/t16-/m0/s1. The number of piperidine rings is 1. The Balaban J connectivity index is 1.58. The van der Waals surface area contributed by atoms with Crippen LogP contribution in [-0.4, -0.2) is 43.2 Å². The van der Waals surface area contributed by atoms with E-state index in [2.05, 4.69) is 53.0 Å². The van der Waals surface area contributed by atoms with Crippen LogP contribution < -0.4 is 9.64 Å². The molecule has 1 aromatic heterocycles. The fraction of sp³-hybridized carbons (Fsp3) is 0.450. The van der Waals surface area contributed by atoms with Crippen molar-refractivity contribution >= 4 is 5.69 Å². The fourth-order valence-electron chi connectivity index (χ4n) is 3.52. The van der Waals surface area contributed by atoms with E-state index < -0.39 is 0 Å². The van der Waals surface area contributed by atoms with Gasteiger partial charge in [-0.3, -0.25) is 9.88 Å². The molecule has 0 saturated carbocycles. The summed E-state index contributed by atoms with van der Waals surface area (Å²) in [5, 5.41) is 0. The van der Waals surface area contributed by atoms with Gasteiger partial charge in [0.2, 0.25) is 0 Å². The van der Waals surface area contributed by atoms with Crippen molar-refractivity contribution in [3.05, 3.63) is 54.4 Å². The average molecular weight is 325 g/mol. The molecule has 0 aliphatic carbocycles. The van der Waals surface area contributed by atoms with Gasteiger partial charge in [-0.25, -0.2) is 0 Å². The lowest BCUT2D eigenvalue weighted by Crippen LogP contribution is -2.44. The van der Waals surface area contributed by atoms with Gasteiger partial charge < -0.3 is 9.64 Å². The smallest absolute Gasteiger partial charge is 0.119 e. The third-order valence-electron chi connectivity index (χ3n) is 5.28. The molecule has 128 valence electrons. The van der Waals surface area contributed by atoms with Crippen LogP contribution in [0.3, 0.4) is 0 Å². The molecule has 1 fully saturated rings. The van der Waals surface area contributed by atoms with Crippen molar-refractivity contribution in [2.45, 2.75) is 31.8 Å². The summed E-state index contributed by atoms with van der Waals surface area (Å²) in [7, 11) is 3.96. The van der Waals surface area contributed by atoms with Gasteiger partial charge in [-0.15, -0.1) is 0 Å². The van der Waals surface area contributed by atoms with Gasteiger partial charge in [0.25, 0.3) is 0 Å². The maximum absolute atomic E-state index is 5.24. The third-order valence-corrected chi connectivity index (χ3v) is 5.28. The zero-order chi connectivity index (χ0) is 16.9. The van der Waals surface area contributed by atoms with Crippen LogP contribution in [0.5, 0.6) is 5.75 Å². The number of nitrogens with zero attached hydrogens (tertiary/aromatic N) is 3. The minimum atomic E-state index is 0.422. The van der Waals surface area contributed by atoms with E-state index >= 15 is 0 Å². The van der Waals surface area contributed by atoms with Crippen LogP contribution in [-0.2, 0) is 0 Å². The van der Waals surface area contributed by atoms with Crippen LogP contribution in [0.25, 0.3) is 0 Å². The first kappa shape index (κ1) is 16.8. The van der Waals surface area contributed by atoms with Crippen LogP contribution in [0.4, 0.5) is 5.69 Å². The maximum atomic E-state index is 5.24. The van der Waals surface area contributed by atoms with E-state index in [1.807, 2.05) is 24.5 Å². The van der Waals surface area contributed by atoms with E-state index in [9.17, 15) is 0 Å². The minimum Gasteiger partial charge on any atom is -0.497 e. The SMILES string of the molecule is COc1ccc(N2CCC(N(C)[C@@H](C)c3ccncc3)CC2)cc1. The van der Waals surface area contributed by atoms with Crippen LogP contribution in [0, 0.1) is 0 Å². The summed E-state index contributed by atoms with van der Waals surface area (Å²) in [5.41, 5.74) is 2.63. The predicted molar refractivity (Wildman–Crippen MR) is 98.6 cm³/mol. The molecule has 1 saturated heterocycles. The molecule has 1 atom stereocenters. The second-order valence-electron chi connectivity index (χ2n) is 6.54. The van der Waals surface area contributed by atoms with Crippen molar-refractivity contribution in [3.8, 4) is 5.75 Å². The first-order valence-corrected chi connectivity index (χ1v) is 8.70. The number of methoxy groups -OCH3 is 1. The summed E-state index contributed by atoms with van der Waals surface area (Å²) >= 11 is 0. The Kier molecular flexibility index (Phi) is 5.36. The molecule has 0 unspecified atom stereocenters. The highest BCUT2D eigenvalue weighted by Gasteiger charge is 2.25. The summed E-state index contributed by atoms with van der Waals surface area (Å²) in [5.74, 6) is 0.916. The molecule has 0 amide bonds. The van der Waals surface area contributed by atoms with Crippen LogP contribution in [0.2, 0.25) is 0 Å². The normalized spacial score (nSPS) is 17.1. The number of hydrogen-bond donors (Lipinski definition) is 0. The highest BCUT2D eigenvalue weighted by Crippen LogP contribution is 2.28. The van der Waals surface area contributed by atoms with Gasteiger partial charge in [0, 0.05) is 43.3 Å². The number of hydrogen-bond acceptors (Lipinski definition) is 4. The Bertz CT molecular complexity index is 621. The van der Waals surface area contributed by atoms with Crippen LogP contribution in [0.15, 0.2) is 48.8 Å². The number of rotatable bonds is 5. The van der Waals surface area contributed by atoms with Gasteiger partial charge in [0.15, 0.2) is 0 Å². The average Bonchev–Trinajstić information content (AvgIpc) is 2.68. The van der Waals surface area contributed by atoms with E-state index in [1.54, 1.807) is 7.11 Å². The van der Waals surface area contributed by atoms with E-state index in [0.29, 0.717) is 12.1 Å². The minimum absolute atomic E-state index is 0.422. The van der Waals surface area contributed by atoms with Crippen LogP contribution in [0.1, 0.15) is 31.4 Å². The molecule has 1 aliphatic rings. The Morgan fingerprint density at radius 2 is 1.71 bits per heavy atom. The van der Waals surface area contributed by atoms with Crippen molar-refractivity contribution in [1.29, 1.82) is 0 Å². The molecule has 0 bridgehead atoms. The quantitative estimate of drug-likeness (QED) is 0.837. The molecular weight excluding hydrogens is 298 g/mol. The predicted octanol–water partition coefficient (Wildman–Crippen LogP) is 3.75. The summed E-state index contributed by atoms with van der Waals surface area (Å²) < 4.78 is 5.24. The van der Waals surface area contributed by atoms with Gasteiger partial charge in [0.1, 0.15) is 5.75 Å². The monoisotopic (exact) mass is 325 g/mol. The lowest BCUT2D eigenvalue weighted by atomic mass is 9.99. The second kappa shape index (κ2) is 7.67. The number of ether oxygens (including phenoxy) is 1. The van der Waals surface area contributed by atoms with Crippen molar-refractivity contribution < 1.29 is 4.74 Å². The Hall–Kier alpha value is -2.07. The van der Waals surface area contributed by atoms with Gasteiger partial charge in [-0.1, -0.05) is 0 Å². The molecule has 2 heterocycles. The molecule has 24 heavy (non-hydrogen) atoms. The third kappa shape index (κ3) is 3.70. The zero-order valence-corrected chi connectivity index (χ0v) is 14.9.